The molecule has 2 aromatic carbocycles. The summed E-state index contributed by atoms with van der Waals surface area (Å²) in [5.41, 5.74) is 2.82. The average Bonchev–Trinajstić information content (AvgIpc) is 3.10. The van der Waals surface area contributed by atoms with Crippen LogP contribution in [0.2, 0.25) is 0 Å². The van der Waals surface area contributed by atoms with E-state index in [0.717, 1.165) is 16.8 Å². The van der Waals surface area contributed by atoms with Gasteiger partial charge in [0.05, 0.1) is 24.9 Å². The number of fused-ring (bicyclic) bond motifs is 1. The summed E-state index contributed by atoms with van der Waals surface area (Å²) in [5.74, 6) is 0.202. The predicted molar refractivity (Wildman–Crippen MR) is 114 cm³/mol. The van der Waals surface area contributed by atoms with Gasteiger partial charge in [-0.1, -0.05) is 42.1 Å². The molecular weight excluding hydrogens is 403 g/mol. The molecule has 6 nitrogen and oxygen atoms in total. The van der Waals surface area contributed by atoms with Crippen molar-refractivity contribution in [2.24, 2.45) is 0 Å². The Balaban J connectivity index is 1.63. The Morgan fingerprint density at radius 2 is 2.03 bits per heavy atom. The number of aryl methyl sites for hydroxylation is 1. The second kappa shape index (κ2) is 7.70. The maximum absolute atomic E-state index is 13.6. The zero-order valence-corrected chi connectivity index (χ0v) is 17.1. The van der Waals surface area contributed by atoms with E-state index in [2.05, 4.69) is 5.10 Å². The van der Waals surface area contributed by atoms with Crippen LogP contribution in [0.1, 0.15) is 17.2 Å². The molecule has 0 amide bonds. The predicted octanol–water partition coefficient (Wildman–Crippen LogP) is 3.89. The first-order chi connectivity index (χ1) is 14.6. The highest BCUT2D eigenvalue weighted by atomic mass is 32.2. The lowest BCUT2D eigenvalue weighted by molar-refractivity contribution is -0.0283. The second-order valence-corrected chi connectivity index (χ2v) is 8.22. The highest BCUT2D eigenvalue weighted by Gasteiger charge is 2.24. The van der Waals surface area contributed by atoms with E-state index >= 15 is 0 Å². The van der Waals surface area contributed by atoms with Crippen molar-refractivity contribution in [3.63, 3.8) is 0 Å². The van der Waals surface area contributed by atoms with Gasteiger partial charge in [0.25, 0.3) is 5.56 Å². The maximum atomic E-state index is 13.6. The lowest BCUT2D eigenvalue weighted by Crippen LogP contribution is -2.30. The standard InChI is InChI=1S/C22H19FN4O2S/c1-14-5-2-3-8-19(14)27-21(28)18-10-26(17-11-29-12-17)25-20(18)24-22(27)30-13-15-6-4-7-16(23)9-15/h2-10,17H,11-13H2,1H3. The first kappa shape index (κ1) is 19.0. The summed E-state index contributed by atoms with van der Waals surface area (Å²) in [6.45, 7) is 3.13. The van der Waals surface area contributed by atoms with Crippen LogP contribution in [0.25, 0.3) is 16.7 Å². The van der Waals surface area contributed by atoms with Crippen molar-refractivity contribution in [3.05, 3.63) is 82.0 Å². The number of thioether (sulfide) groups is 1. The molecule has 0 radical (unpaired) electrons. The maximum Gasteiger partial charge on any atom is 0.269 e. The quantitative estimate of drug-likeness (QED) is 0.361. The number of ether oxygens (including phenoxy) is 1. The Bertz CT molecular complexity index is 1300. The summed E-state index contributed by atoms with van der Waals surface area (Å²) < 4.78 is 22.2. The van der Waals surface area contributed by atoms with Gasteiger partial charge in [0.15, 0.2) is 10.8 Å². The van der Waals surface area contributed by atoms with Gasteiger partial charge in [-0.05, 0) is 36.2 Å². The van der Waals surface area contributed by atoms with E-state index in [1.54, 1.807) is 21.5 Å². The first-order valence-electron chi connectivity index (χ1n) is 9.63. The molecule has 0 atom stereocenters. The van der Waals surface area contributed by atoms with Crippen LogP contribution in [-0.4, -0.2) is 32.5 Å². The van der Waals surface area contributed by atoms with Crippen molar-refractivity contribution in [2.45, 2.75) is 23.9 Å². The third-order valence-corrected chi connectivity index (χ3v) is 6.16. The van der Waals surface area contributed by atoms with Gasteiger partial charge in [-0.2, -0.15) is 5.10 Å². The summed E-state index contributed by atoms with van der Waals surface area (Å²) in [7, 11) is 0. The summed E-state index contributed by atoms with van der Waals surface area (Å²) >= 11 is 1.39. The largest absolute Gasteiger partial charge is 0.377 e. The van der Waals surface area contributed by atoms with Crippen LogP contribution >= 0.6 is 11.8 Å². The molecule has 2 aromatic heterocycles. The van der Waals surface area contributed by atoms with Gasteiger partial charge >= 0.3 is 0 Å². The van der Waals surface area contributed by atoms with Crippen LogP contribution in [-0.2, 0) is 10.5 Å². The van der Waals surface area contributed by atoms with Crippen LogP contribution in [0.15, 0.2) is 64.7 Å². The Labute approximate surface area is 176 Å². The number of para-hydroxylation sites is 1. The third-order valence-electron chi connectivity index (χ3n) is 5.15. The van der Waals surface area contributed by atoms with E-state index in [-0.39, 0.29) is 17.4 Å². The molecule has 30 heavy (non-hydrogen) atoms. The molecule has 1 fully saturated rings. The molecule has 5 rings (SSSR count). The highest BCUT2D eigenvalue weighted by molar-refractivity contribution is 7.98. The average molecular weight is 422 g/mol. The molecule has 0 N–H and O–H groups in total. The number of hydrogen-bond donors (Lipinski definition) is 0. The molecule has 0 aliphatic carbocycles. The zero-order valence-electron chi connectivity index (χ0n) is 16.3. The molecule has 0 saturated carbocycles. The monoisotopic (exact) mass is 422 g/mol. The zero-order chi connectivity index (χ0) is 20.7. The fourth-order valence-electron chi connectivity index (χ4n) is 3.42. The molecule has 1 aliphatic rings. The van der Waals surface area contributed by atoms with Crippen molar-refractivity contribution in [3.8, 4) is 5.69 Å². The van der Waals surface area contributed by atoms with E-state index < -0.39 is 0 Å². The van der Waals surface area contributed by atoms with Gasteiger partial charge < -0.3 is 4.74 Å². The molecule has 1 saturated heterocycles. The van der Waals surface area contributed by atoms with Gasteiger partial charge in [-0.15, -0.1) is 0 Å². The molecule has 0 unspecified atom stereocenters. The van der Waals surface area contributed by atoms with Crippen LogP contribution in [0, 0.1) is 12.7 Å². The fraction of sp³-hybridized carbons (Fsp3) is 0.227. The smallest absolute Gasteiger partial charge is 0.269 e. The van der Waals surface area contributed by atoms with E-state index in [0.29, 0.717) is 35.2 Å². The topological polar surface area (TPSA) is 61.9 Å². The van der Waals surface area contributed by atoms with Crippen molar-refractivity contribution in [1.29, 1.82) is 0 Å². The molecule has 3 heterocycles. The minimum Gasteiger partial charge on any atom is -0.377 e. The summed E-state index contributed by atoms with van der Waals surface area (Å²) in [6.07, 6.45) is 1.76. The Morgan fingerprint density at radius 3 is 2.77 bits per heavy atom. The van der Waals surface area contributed by atoms with Crippen molar-refractivity contribution < 1.29 is 9.13 Å². The van der Waals surface area contributed by atoms with Crippen LogP contribution in [0.5, 0.6) is 0 Å². The molecule has 4 aromatic rings. The number of aromatic nitrogens is 4. The van der Waals surface area contributed by atoms with Crippen LogP contribution in [0.3, 0.4) is 0 Å². The summed E-state index contributed by atoms with van der Waals surface area (Å²) in [5, 5.41) is 5.52. The fourth-order valence-corrected chi connectivity index (χ4v) is 4.36. The molecule has 8 heteroatoms. The lowest BCUT2D eigenvalue weighted by Gasteiger charge is -2.25. The normalized spacial score (nSPS) is 14.2. The van der Waals surface area contributed by atoms with Gasteiger partial charge in [0.2, 0.25) is 0 Å². The lowest BCUT2D eigenvalue weighted by atomic mass is 10.2. The number of nitrogens with zero attached hydrogens (tertiary/aromatic N) is 4. The van der Waals surface area contributed by atoms with Crippen LogP contribution < -0.4 is 5.56 Å². The van der Waals surface area contributed by atoms with E-state index in [9.17, 15) is 9.18 Å². The van der Waals surface area contributed by atoms with Gasteiger partial charge in [-0.3, -0.25) is 14.0 Å². The van der Waals surface area contributed by atoms with E-state index in [1.165, 1.54) is 23.9 Å². The van der Waals surface area contributed by atoms with Crippen molar-refractivity contribution in [2.75, 3.05) is 13.2 Å². The van der Waals surface area contributed by atoms with Gasteiger partial charge in [-0.25, -0.2) is 9.37 Å². The van der Waals surface area contributed by atoms with Crippen molar-refractivity contribution >= 4 is 22.8 Å². The van der Waals surface area contributed by atoms with Gasteiger partial charge in [0.1, 0.15) is 11.2 Å². The molecule has 0 bridgehead atoms. The van der Waals surface area contributed by atoms with E-state index in [1.807, 2.05) is 37.3 Å². The number of halogens is 1. The second-order valence-electron chi connectivity index (χ2n) is 7.28. The molecular formula is C22H19FN4O2S. The number of hydrogen-bond acceptors (Lipinski definition) is 5. The summed E-state index contributed by atoms with van der Waals surface area (Å²) in [4.78, 5) is 18.2. The van der Waals surface area contributed by atoms with Gasteiger partial charge in [0, 0.05) is 11.9 Å². The van der Waals surface area contributed by atoms with Crippen LogP contribution in [0.4, 0.5) is 4.39 Å². The third kappa shape index (κ3) is 3.42. The molecule has 0 spiro atoms. The number of rotatable bonds is 5. The summed E-state index contributed by atoms with van der Waals surface area (Å²) in [6, 6.07) is 14.3. The first-order valence-corrected chi connectivity index (χ1v) is 10.6. The highest BCUT2D eigenvalue weighted by Crippen LogP contribution is 2.26. The van der Waals surface area contributed by atoms with Crippen molar-refractivity contribution in [1.82, 2.24) is 19.3 Å². The minimum absolute atomic E-state index is 0.133. The molecule has 152 valence electrons. The molecule has 1 aliphatic heterocycles. The van der Waals surface area contributed by atoms with E-state index in [4.69, 9.17) is 9.72 Å². The SMILES string of the molecule is Cc1ccccc1-n1c(SCc2cccc(F)c2)nc2nn(C3COC3)cc2c1=O. The Morgan fingerprint density at radius 1 is 1.20 bits per heavy atom. The number of benzene rings is 2. The Hall–Kier alpha value is -2.97. The Kier molecular flexibility index (Phi) is 4.88. The minimum atomic E-state index is -0.283.